The maximum absolute atomic E-state index is 9.36. The average Bonchev–Trinajstić information content (AvgIpc) is 2.10. The van der Waals surface area contributed by atoms with Crippen LogP contribution in [0.3, 0.4) is 0 Å². The van der Waals surface area contributed by atoms with E-state index < -0.39 is 48.0 Å². The minimum atomic E-state index is -5.22. The minimum absolute atomic E-state index is 0.465. The molecule has 108 valence electrons. The third-order valence-corrected chi connectivity index (χ3v) is 12.4. The molecule has 1 heterocycles. The Balaban J connectivity index is 3.09. The van der Waals surface area contributed by atoms with Crippen molar-refractivity contribution in [1.82, 2.24) is 0 Å². The second kappa shape index (κ2) is 5.06. The topological polar surface area (TPSA) is 210 Å². The van der Waals surface area contributed by atoms with Crippen molar-refractivity contribution in [2.24, 2.45) is 11.5 Å². The lowest BCUT2D eigenvalue weighted by atomic mass is 11.5. The van der Waals surface area contributed by atoms with Gasteiger partial charge in [-0.2, -0.15) is 0 Å². The van der Waals surface area contributed by atoms with E-state index in [1.807, 2.05) is 0 Å². The highest BCUT2D eigenvalue weighted by Gasteiger charge is 2.65. The molecule has 0 atom stereocenters. The quantitative estimate of drug-likeness (QED) is 0.221. The Morgan fingerprint density at radius 2 is 0.889 bits per heavy atom. The van der Waals surface area contributed by atoms with E-state index in [1.54, 1.807) is 0 Å². The molecule has 0 unspecified atom stereocenters. The molecule has 1 aliphatic rings. The fourth-order valence-electron chi connectivity index (χ4n) is 1.16. The van der Waals surface area contributed by atoms with Gasteiger partial charge in [-0.1, -0.05) is 0 Å². The van der Waals surface area contributed by atoms with Gasteiger partial charge in [0.1, 0.15) is 0 Å². The van der Waals surface area contributed by atoms with E-state index in [9.17, 15) is 19.2 Å². The SMILES string of the molecule is NC[Si]1(CN)O[Si](O)(O)O[Si](O)(O)O[Si](O)(O)O1. The van der Waals surface area contributed by atoms with Gasteiger partial charge in [0, 0.05) is 12.3 Å². The summed E-state index contributed by atoms with van der Waals surface area (Å²) in [6, 6.07) is 0. The Bertz CT molecular complexity index is 282. The van der Waals surface area contributed by atoms with Crippen LogP contribution in [0.15, 0.2) is 0 Å². The summed E-state index contributed by atoms with van der Waals surface area (Å²) in [4.78, 5) is 55.7. The van der Waals surface area contributed by atoms with Crippen LogP contribution in [-0.4, -0.2) is 76.8 Å². The second-order valence-electron chi connectivity index (χ2n) is 3.37. The fraction of sp³-hybridized carbons (Fsp3) is 1.00. The number of nitrogens with two attached hydrogens (primary N) is 2. The molecule has 0 aromatic carbocycles. The van der Waals surface area contributed by atoms with Crippen molar-refractivity contribution < 1.29 is 45.2 Å². The van der Waals surface area contributed by atoms with Gasteiger partial charge in [0.2, 0.25) is 0 Å². The van der Waals surface area contributed by atoms with Crippen LogP contribution in [0.4, 0.5) is 0 Å². The molecule has 1 aliphatic heterocycles. The summed E-state index contributed by atoms with van der Waals surface area (Å²) in [6.07, 6.45) is -0.930. The van der Waals surface area contributed by atoms with E-state index in [0.29, 0.717) is 0 Å². The second-order valence-corrected chi connectivity index (χ2v) is 12.6. The van der Waals surface area contributed by atoms with Gasteiger partial charge in [-0.05, 0) is 0 Å². The molecular formula is C2H14N2O10Si4. The van der Waals surface area contributed by atoms with Crippen molar-refractivity contribution in [3.63, 3.8) is 0 Å². The monoisotopic (exact) mass is 338 g/mol. The first-order chi connectivity index (χ1) is 7.95. The van der Waals surface area contributed by atoms with E-state index in [0.717, 1.165) is 0 Å². The first-order valence-corrected chi connectivity index (χ1v) is 11.9. The molecule has 18 heavy (non-hydrogen) atoms. The number of rotatable bonds is 2. The first kappa shape index (κ1) is 16.4. The average molecular weight is 338 g/mol. The Hall–Kier alpha value is 0.388. The smallest absolute Gasteiger partial charge is 0.369 e. The van der Waals surface area contributed by atoms with E-state index in [2.05, 4.69) is 16.5 Å². The van der Waals surface area contributed by atoms with Crippen LogP contribution in [0.2, 0.25) is 0 Å². The zero-order valence-corrected chi connectivity index (χ0v) is 12.9. The Morgan fingerprint density at radius 1 is 0.611 bits per heavy atom. The largest absolute Gasteiger partial charge is 0.662 e. The van der Waals surface area contributed by atoms with Crippen molar-refractivity contribution in [2.45, 2.75) is 0 Å². The molecule has 1 saturated heterocycles. The summed E-state index contributed by atoms with van der Waals surface area (Å²) < 4.78 is 17.5. The molecule has 0 aliphatic carbocycles. The van der Waals surface area contributed by atoms with Crippen LogP contribution in [0, 0.1) is 0 Å². The van der Waals surface area contributed by atoms with Gasteiger partial charge in [-0.3, -0.25) is 0 Å². The van der Waals surface area contributed by atoms with Crippen LogP contribution < -0.4 is 11.5 Å². The fourth-order valence-corrected chi connectivity index (χ4v) is 11.5. The zero-order chi connectivity index (χ0) is 14.2. The molecule has 0 spiro atoms. The number of hydrogen-bond donors (Lipinski definition) is 8. The lowest BCUT2D eigenvalue weighted by Gasteiger charge is -2.39. The van der Waals surface area contributed by atoms with Crippen molar-refractivity contribution in [2.75, 3.05) is 12.3 Å². The van der Waals surface area contributed by atoms with Gasteiger partial charge in [0.15, 0.2) is 0 Å². The molecule has 0 aromatic rings. The third kappa shape index (κ3) is 4.20. The zero-order valence-electron chi connectivity index (χ0n) is 8.89. The normalized spacial score (nSPS) is 29.3. The highest BCUT2D eigenvalue weighted by atomic mass is 28.6. The van der Waals surface area contributed by atoms with Gasteiger partial charge >= 0.3 is 35.7 Å². The highest BCUT2D eigenvalue weighted by Crippen LogP contribution is 2.22. The summed E-state index contributed by atoms with van der Waals surface area (Å²) in [5.41, 5.74) is 10.6. The van der Waals surface area contributed by atoms with E-state index >= 15 is 0 Å². The molecule has 0 amide bonds. The van der Waals surface area contributed by atoms with E-state index in [-0.39, 0.29) is 0 Å². The van der Waals surface area contributed by atoms with Crippen molar-refractivity contribution in [3.8, 4) is 0 Å². The lowest BCUT2D eigenvalue weighted by Crippen LogP contribution is -2.75. The molecular weight excluding hydrogens is 324 g/mol. The van der Waals surface area contributed by atoms with Crippen molar-refractivity contribution in [3.05, 3.63) is 0 Å². The molecule has 16 heteroatoms. The Kier molecular flexibility index (Phi) is 4.62. The van der Waals surface area contributed by atoms with Gasteiger partial charge in [0.25, 0.3) is 0 Å². The molecule has 0 bridgehead atoms. The Labute approximate surface area is 105 Å². The maximum Gasteiger partial charge on any atom is 0.662 e. The van der Waals surface area contributed by atoms with E-state index in [1.165, 1.54) is 0 Å². The summed E-state index contributed by atoms with van der Waals surface area (Å²) in [5, 5.41) is 0. The maximum atomic E-state index is 9.36. The predicted octanol–water partition coefficient (Wildman–Crippen LogP) is -6.23. The standard InChI is InChI=1S/C2H14N2O10Si4/c3-1-15(2-4)11-16(5,6)13-18(9,10)14-17(7,8)12-15/h5-10H,1-4H2. The van der Waals surface area contributed by atoms with Crippen LogP contribution in [-0.2, 0) is 16.5 Å². The van der Waals surface area contributed by atoms with Crippen LogP contribution >= 0.6 is 0 Å². The molecule has 12 nitrogen and oxygen atoms in total. The van der Waals surface area contributed by atoms with Gasteiger partial charge in [0.05, 0.1) is 0 Å². The Morgan fingerprint density at radius 3 is 1.17 bits per heavy atom. The highest BCUT2D eigenvalue weighted by molar-refractivity contribution is 6.85. The summed E-state index contributed by atoms with van der Waals surface area (Å²) in [5.74, 6) is 0. The van der Waals surface area contributed by atoms with Gasteiger partial charge < -0.3 is 56.7 Å². The predicted molar refractivity (Wildman–Crippen MR) is 58.8 cm³/mol. The van der Waals surface area contributed by atoms with Gasteiger partial charge in [-0.15, -0.1) is 0 Å². The molecule has 1 rings (SSSR count). The van der Waals surface area contributed by atoms with Crippen molar-refractivity contribution >= 4 is 35.7 Å². The van der Waals surface area contributed by atoms with E-state index in [4.69, 9.17) is 21.1 Å². The minimum Gasteiger partial charge on any atom is -0.369 e. The summed E-state index contributed by atoms with van der Waals surface area (Å²) in [6.45, 7) is 0. The van der Waals surface area contributed by atoms with Crippen LogP contribution in [0.1, 0.15) is 0 Å². The summed E-state index contributed by atoms with van der Waals surface area (Å²) in [7, 11) is -19.1. The summed E-state index contributed by atoms with van der Waals surface area (Å²) >= 11 is 0. The molecule has 10 N–H and O–H groups in total. The van der Waals surface area contributed by atoms with Crippen LogP contribution in [0.25, 0.3) is 0 Å². The number of hydrogen-bond acceptors (Lipinski definition) is 12. The third-order valence-electron chi connectivity index (χ3n) is 1.79. The van der Waals surface area contributed by atoms with Crippen molar-refractivity contribution in [1.29, 1.82) is 0 Å². The molecule has 1 fully saturated rings. The lowest BCUT2D eigenvalue weighted by molar-refractivity contribution is -0.0115. The molecule has 0 saturated carbocycles. The van der Waals surface area contributed by atoms with Crippen LogP contribution in [0.5, 0.6) is 0 Å². The molecule has 0 aromatic heterocycles. The first-order valence-electron chi connectivity index (χ1n) is 4.50. The molecule has 0 radical (unpaired) electrons. The van der Waals surface area contributed by atoms with Gasteiger partial charge in [-0.25, -0.2) is 0 Å².